The molecule has 0 atom stereocenters. The largest absolute Gasteiger partial charge is 0.480 e. The highest BCUT2D eigenvalue weighted by Crippen LogP contribution is 2.16. The fraction of sp³-hybridized carbons (Fsp3) is 0.500. The molecule has 0 bridgehead atoms. The molecule has 0 amide bonds. The Morgan fingerprint density at radius 3 is 2.59 bits per heavy atom. The summed E-state index contributed by atoms with van der Waals surface area (Å²) in [5.41, 5.74) is -0.315. The fourth-order valence-electron chi connectivity index (χ4n) is 1.70. The lowest BCUT2D eigenvalue weighted by Crippen LogP contribution is -2.50. The number of halogens is 1. The van der Waals surface area contributed by atoms with Gasteiger partial charge in [-0.2, -0.15) is 0 Å². The summed E-state index contributed by atoms with van der Waals surface area (Å²) in [7, 11) is 0. The molecular weight excluding hydrogens is 223 g/mol. The lowest BCUT2D eigenvalue weighted by molar-refractivity contribution is -0.145. The quantitative estimate of drug-likeness (QED) is 0.797. The molecule has 1 heterocycles. The number of hydrogen-bond acceptors (Lipinski definition) is 3. The topological polar surface area (TPSA) is 62.2 Å². The number of carbonyl (C=O) groups is 1. The van der Waals surface area contributed by atoms with Gasteiger partial charge in [0.05, 0.1) is 6.20 Å². The zero-order valence-electron chi connectivity index (χ0n) is 10.0. The van der Waals surface area contributed by atoms with Gasteiger partial charge in [0.25, 0.3) is 0 Å². The molecule has 1 aromatic heterocycles. The van der Waals surface area contributed by atoms with Crippen LogP contribution in [0.15, 0.2) is 18.5 Å². The molecule has 0 spiro atoms. The molecule has 0 aliphatic carbocycles. The zero-order chi connectivity index (χ0) is 12.9. The first-order valence-electron chi connectivity index (χ1n) is 5.62. The van der Waals surface area contributed by atoms with Crippen molar-refractivity contribution >= 4 is 5.97 Å². The standard InChI is InChI=1S/C12H17FN2O2/c1-3-12(4-2,11(16)17)15-7-9-5-10(13)8-14-6-9/h5-6,8,15H,3-4,7H2,1-2H3,(H,16,17). The van der Waals surface area contributed by atoms with Crippen LogP contribution in [0, 0.1) is 5.82 Å². The van der Waals surface area contributed by atoms with Crippen LogP contribution in [-0.2, 0) is 11.3 Å². The molecule has 0 aliphatic heterocycles. The van der Waals surface area contributed by atoms with E-state index in [1.807, 2.05) is 13.8 Å². The van der Waals surface area contributed by atoms with Crippen molar-refractivity contribution in [3.8, 4) is 0 Å². The number of rotatable bonds is 6. The Morgan fingerprint density at radius 1 is 1.47 bits per heavy atom. The molecule has 0 saturated heterocycles. The van der Waals surface area contributed by atoms with Gasteiger partial charge in [-0.25, -0.2) is 4.39 Å². The number of aliphatic carboxylic acids is 1. The Kier molecular flexibility index (Phi) is 4.57. The summed E-state index contributed by atoms with van der Waals surface area (Å²) in [6.45, 7) is 3.92. The summed E-state index contributed by atoms with van der Waals surface area (Å²) in [6.07, 6.45) is 3.59. The van der Waals surface area contributed by atoms with Gasteiger partial charge in [-0.05, 0) is 24.5 Å². The number of carboxylic acid groups (broad SMARTS) is 1. The van der Waals surface area contributed by atoms with E-state index in [0.717, 1.165) is 6.20 Å². The third kappa shape index (κ3) is 3.23. The van der Waals surface area contributed by atoms with E-state index in [1.54, 1.807) is 0 Å². The summed E-state index contributed by atoms with van der Waals surface area (Å²) in [4.78, 5) is 14.9. The number of aromatic nitrogens is 1. The van der Waals surface area contributed by atoms with Crippen LogP contribution in [-0.4, -0.2) is 21.6 Å². The van der Waals surface area contributed by atoms with Crippen molar-refractivity contribution in [1.29, 1.82) is 0 Å². The number of carboxylic acids is 1. The molecule has 94 valence electrons. The number of nitrogens with zero attached hydrogens (tertiary/aromatic N) is 1. The van der Waals surface area contributed by atoms with E-state index in [1.165, 1.54) is 12.3 Å². The van der Waals surface area contributed by atoms with Crippen molar-refractivity contribution in [1.82, 2.24) is 10.3 Å². The molecule has 0 fully saturated rings. The van der Waals surface area contributed by atoms with Crippen molar-refractivity contribution in [2.24, 2.45) is 0 Å². The molecule has 0 radical (unpaired) electrons. The average molecular weight is 240 g/mol. The number of hydrogen-bond donors (Lipinski definition) is 2. The van der Waals surface area contributed by atoms with Gasteiger partial charge in [-0.1, -0.05) is 13.8 Å². The second-order valence-corrected chi connectivity index (χ2v) is 3.96. The maximum Gasteiger partial charge on any atom is 0.323 e. The average Bonchev–Trinajstić information content (AvgIpc) is 2.31. The van der Waals surface area contributed by atoms with E-state index in [2.05, 4.69) is 10.3 Å². The van der Waals surface area contributed by atoms with Crippen LogP contribution in [0.2, 0.25) is 0 Å². The second-order valence-electron chi connectivity index (χ2n) is 3.96. The summed E-state index contributed by atoms with van der Waals surface area (Å²) in [6, 6.07) is 1.35. The molecule has 0 unspecified atom stereocenters. The molecule has 1 rings (SSSR count). The predicted octanol–water partition coefficient (Wildman–Crippen LogP) is 1.95. The molecule has 0 aromatic carbocycles. The Bertz CT molecular complexity index is 392. The Hall–Kier alpha value is -1.49. The van der Waals surface area contributed by atoms with E-state index >= 15 is 0 Å². The third-order valence-corrected chi connectivity index (χ3v) is 3.01. The van der Waals surface area contributed by atoms with E-state index < -0.39 is 17.3 Å². The van der Waals surface area contributed by atoms with E-state index in [-0.39, 0.29) is 0 Å². The van der Waals surface area contributed by atoms with Gasteiger partial charge in [0.1, 0.15) is 11.4 Å². The minimum absolute atomic E-state index is 0.290. The molecule has 0 aliphatic rings. The monoisotopic (exact) mass is 240 g/mol. The van der Waals surface area contributed by atoms with Crippen molar-refractivity contribution in [2.45, 2.75) is 38.8 Å². The third-order valence-electron chi connectivity index (χ3n) is 3.01. The minimum atomic E-state index is -0.952. The smallest absolute Gasteiger partial charge is 0.323 e. The zero-order valence-corrected chi connectivity index (χ0v) is 10.0. The lowest BCUT2D eigenvalue weighted by Gasteiger charge is -2.28. The van der Waals surface area contributed by atoms with Crippen LogP contribution in [0.4, 0.5) is 4.39 Å². The SMILES string of the molecule is CCC(CC)(NCc1cncc(F)c1)C(=O)O. The summed E-state index contributed by atoms with van der Waals surface area (Å²) in [5, 5.41) is 12.2. The molecule has 5 heteroatoms. The van der Waals surface area contributed by atoms with Crippen LogP contribution in [0.5, 0.6) is 0 Å². The summed E-state index contributed by atoms with van der Waals surface area (Å²) < 4.78 is 12.9. The highest BCUT2D eigenvalue weighted by atomic mass is 19.1. The van der Waals surface area contributed by atoms with Crippen LogP contribution < -0.4 is 5.32 Å². The van der Waals surface area contributed by atoms with Crippen LogP contribution in [0.1, 0.15) is 32.3 Å². The van der Waals surface area contributed by atoms with Crippen molar-refractivity contribution in [3.63, 3.8) is 0 Å². The van der Waals surface area contributed by atoms with Crippen molar-refractivity contribution in [2.75, 3.05) is 0 Å². The Labute approximate surface area is 99.9 Å². The van der Waals surface area contributed by atoms with Gasteiger partial charge >= 0.3 is 5.97 Å². The predicted molar refractivity (Wildman–Crippen MR) is 62.0 cm³/mol. The van der Waals surface area contributed by atoms with Gasteiger partial charge in [0.2, 0.25) is 0 Å². The molecule has 4 nitrogen and oxygen atoms in total. The van der Waals surface area contributed by atoms with E-state index in [4.69, 9.17) is 0 Å². The van der Waals surface area contributed by atoms with Crippen LogP contribution >= 0.6 is 0 Å². The van der Waals surface area contributed by atoms with Crippen molar-refractivity contribution < 1.29 is 14.3 Å². The van der Waals surface area contributed by atoms with Gasteiger partial charge in [-0.15, -0.1) is 0 Å². The first-order valence-corrected chi connectivity index (χ1v) is 5.62. The van der Waals surface area contributed by atoms with Crippen LogP contribution in [0.3, 0.4) is 0 Å². The number of nitrogens with one attached hydrogen (secondary N) is 1. The molecule has 0 saturated carbocycles. The highest BCUT2D eigenvalue weighted by Gasteiger charge is 2.33. The van der Waals surface area contributed by atoms with Crippen LogP contribution in [0.25, 0.3) is 0 Å². The first kappa shape index (κ1) is 13.6. The first-order chi connectivity index (χ1) is 8.04. The normalized spacial score (nSPS) is 11.5. The highest BCUT2D eigenvalue weighted by molar-refractivity contribution is 5.78. The molecule has 17 heavy (non-hydrogen) atoms. The van der Waals surface area contributed by atoms with E-state index in [9.17, 15) is 14.3 Å². The summed E-state index contributed by atoms with van der Waals surface area (Å²) >= 11 is 0. The second kappa shape index (κ2) is 5.72. The maximum absolute atomic E-state index is 12.9. The maximum atomic E-state index is 12.9. The van der Waals surface area contributed by atoms with E-state index in [0.29, 0.717) is 24.9 Å². The van der Waals surface area contributed by atoms with Gasteiger partial charge in [0, 0.05) is 12.7 Å². The molecule has 1 aromatic rings. The molecular formula is C12H17FN2O2. The van der Waals surface area contributed by atoms with Gasteiger partial charge in [0.15, 0.2) is 0 Å². The fourth-order valence-corrected chi connectivity index (χ4v) is 1.70. The lowest BCUT2D eigenvalue weighted by atomic mass is 9.93. The Morgan fingerprint density at radius 2 is 2.12 bits per heavy atom. The number of pyridine rings is 1. The summed E-state index contributed by atoms with van der Waals surface area (Å²) in [5.74, 6) is -1.30. The molecule has 2 N–H and O–H groups in total. The minimum Gasteiger partial charge on any atom is -0.480 e. The Balaban J connectivity index is 2.74. The van der Waals surface area contributed by atoms with Gasteiger partial charge in [-0.3, -0.25) is 15.1 Å². The van der Waals surface area contributed by atoms with Crippen molar-refractivity contribution in [3.05, 3.63) is 29.8 Å². The van der Waals surface area contributed by atoms with Gasteiger partial charge < -0.3 is 5.11 Å².